The molecular formula is C25H28F3NO4. The van der Waals surface area contributed by atoms with Crippen LogP contribution in [0, 0.1) is 5.92 Å². The number of amides is 1. The summed E-state index contributed by atoms with van der Waals surface area (Å²) in [5.74, 6) is -0.936. The van der Waals surface area contributed by atoms with Gasteiger partial charge in [0.15, 0.2) is 0 Å². The number of halogens is 3. The van der Waals surface area contributed by atoms with Crippen LogP contribution in [0.4, 0.5) is 18.0 Å². The molecule has 1 amide bonds. The first-order valence-electron chi connectivity index (χ1n) is 10.8. The Bertz CT molecular complexity index is 952. The van der Waals surface area contributed by atoms with E-state index in [1.165, 1.54) is 12.1 Å². The van der Waals surface area contributed by atoms with Gasteiger partial charge in [-0.25, -0.2) is 4.79 Å². The van der Waals surface area contributed by atoms with Crippen LogP contribution in [0.1, 0.15) is 43.9 Å². The number of hydrogen-bond acceptors (Lipinski definition) is 4. The average molecular weight is 463 g/mol. The number of alkyl carbamates (subject to hydrolysis) is 1. The summed E-state index contributed by atoms with van der Waals surface area (Å²) < 4.78 is 49.4. The maximum Gasteiger partial charge on any atom is 0.416 e. The molecule has 1 saturated heterocycles. The van der Waals surface area contributed by atoms with Crippen LogP contribution in [0.25, 0.3) is 0 Å². The number of esters is 1. The van der Waals surface area contributed by atoms with Crippen molar-refractivity contribution in [2.75, 3.05) is 0 Å². The number of carbonyl (C=O) groups is 2. The van der Waals surface area contributed by atoms with Gasteiger partial charge in [0.05, 0.1) is 17.5 Å². The quantitative estimate of drug-likeness (QED) is 0.590. The third-order valence-corrected chi connectivity index (χ3v) is 5.33. The highest BCUT2D eigenvalue weighted by Crippen LogP contribution is 2.31. The Balaban J connectivity index is 1.70. The first-order chi connectivity index (χ1) is 15.4. The summed E-state index contributed by atoms with van der Waals surface area (Å²) >= 11 is 0. The second-order valence-corrected chi connectivity index (χ2v) is 9.25. The Morgan fingerprint density at radius 2 is 1.70 bits per heavy atom. The van der Waals surface area contributed by atoms with Crippen molar-refractivity contribution in [2.45, 2.75) is 64.0 Å². The van der Waals surface area contributed by atoms with Gasteiger partial charge in [-0.1, -0.05) is 42.5 Å². The van der Waals surface area contributed by atoms with Gasteiger partial charge in [-0.05, 0) is 56.9 Å². The normalized spacial score (nSPS) is 19.6. The summed E-state index contributed by atoms with van der Waals surface area (Å²) in [6, 6.07) is 13.7. The summed E-state index contributed by atoms with van der Waals surface area (Å²) in [6.07, 6.45) is -4.56. The van der Waals surface area contributed by atoms with E-state index in [1.54, 1.807) is 20.8 Å². The van der Waals surface area contributed by atoms with Gasteiger partial charge in [0.2, 0.25) is 0 Å². The van der Waals surface area contributed by atoms with E-state index in [0.717, 1.165) is 17.7 Å². The zero-order chi connectivity index (χ0) is 24.2. The van der Waals surface area contributed by atoms with Crippen LogP contribution in [0.15, 0.2) is 54.6 Å². The number of ether oxygens (including phenoxy) is 2. The maximum absolute atomic E-state index is 12.8. The number of cyclic esters (lactones) is 1. The van der Waals surface area contributed by atoms with Crippen molar-refractivity contribution >= 4 is 12.1 Å². The van der Waals surface area contributed by atoms with Crippen LogP contribution in [-0.2, 0) is 33.3 Å². The Labute approximate surface area is 191 Å². The van der Waals surface area contributed by atoms with Gasteiger partial charge in [0, 0.05) is 6.42 Å². The molecule has 0 saturated carbocycles. The van der Waals surface area contributed by atoms with Gasteiger partial charge >= 0.3 is 18.2 Å². The molecule has 8 heteroatoms. The van der Waals surface area contributed by atoms with Crippen LogP contribution in [0.5, 0.6) is 0 Å². The minimum atomic E-state index is -4.41. The van der Waals surface area contributed by atoms with E-state index in [-0.39, 0.29) is 6.42 Å². The van der Waals surface area contributed by atoms with Crippen LogP contribution in [0.2, 0.25) is 0 Å². The van der Waals surface area contributed by atoms with Crippen molar-refractivity contribution in [2.24, 2.45) is 5.92 Å². The molecule has 0 unspecified atom stereocenters. The fourth-order valence-electron chi connectivity index (χ4n) is 3.80. The number of rotatable bonds is 6. The molecule has 5 nitrogen and oxygen atoms in total. The van der Waals surface area contributed by atoms with Crippen molar-refractivity contribution in [1.29, 1.82) is 0 Å². The molecule has 0 aliphatic carbocycles. The summed E-state index contributed by atoms with van der Waals surface area (Å²) in [6.45, 7) is 5.28. The van der Waals surface area contributed by atoms with Gasteiger partial charge in [-0.15, -0.1) is 0 Å². The van der Waals surface area contributed by atoms with Crippen molar-refractivity contribution in [3.63, 3.8) is 0 Å². The van der Waals surface area contributed by atoms with E-state index < -0.39 is 47.5 Å². The molecule has 33 heavy (non-hydrogen) atoms. The third-order valence-electron chi connectivity index (χ3n) is 5.33. The third kappa shape index (κ3) is 7.23. The molecule has 0 radical (unpaired) electrons. The van der Waals surface area contributed by atoms with Crippen molar-refractivity contribution in [3.8, 4) is 0 Å². The minimum absolute atomic E-state index is 0.262. The maximum atomic E-state index is 12.8. The summed E-state index contributed by atoms with van der Waals surface area (Å²) in [5.41, 5.74) is 0.160. The fraction of sp³-hybridized carbons (Fsp3) is 0.440. The highest BCUT2D eigenvalue weighted by molar-refractivity contribution is 5.75. The first kappa shape index (κ1) is 24.6. The topological polar surface area (TPSA) is 64.6 Å². The molecule has 1 aliphatic rings. The van der Waals surface area contributed by atoms with E-state index in [0.29, 0.717) is 18.4 Å². The zero-order valence-electron chi connectivity index (χ0n) is 18.8. The van der Waals surface area contributed by atoms with Gasteiger partial charge in [0.25, 0.3) is 0 Å². The Hall–Kier alpha value is -3.03. The monoisotopic (exact) mass is 463 g/mol. The Morgan fingerprint density at radius 3 is 2.27 bits per heavy atom. The van der Waals surface area contributed by atoms with Crippen molar-refractivity contribution < 1.29 is 32.2 Å². The number of benzene rings is 2. The second kappa shape index (κ2) is 9.85. The van der Waals surface area contributed by atoms with E-state index in [1.807, 2.05) is 30.3 Å². The summed E-state index contributed by atoms with van der Waals surface area (Å²) in [7, 11) is 0. The molecule has 1 fully saturated rings. The van der Waals surface area contributed by atoms with Crippen LogP contribution in [-0.4, -0.2) is 29.8 Å². The predicted molar refractivity (Wildman–Crippen MR) is 116 cm³/mol. The van der Waals surface area contributed by atoms with Gasteiger partial charge in [-0.2, -0.15) is 13.2 Å². The van der Waals surface area contributed by atoms with Gasteiger partial charge in [-0.3, -0.25) is 4.79 Å². The molecule has 1 N–H and O–H groups in total. The smallest absolute Gasteiger partial charge is 0.416 e. The Morgan fingerprint density at radius 1 is 1.06 bits per heavy atom. The fourth-order valence-corrected chi connectivity index (χ4v) is 3.80. The molecule has 2 aromatic carbocycles. The van der Waals surface area contributed by atoms with E-state index in [2.05, 4.69) is 5.32 Å². The van der Waals surface area contributed by atoms with Gasteiger partial charge in [0.1, 0.15) is 11.7 Å². The standard InChI is InChI=1S/C25H28F3NO4/c1-24(2,3)33-23(31)29-20(14-16-7-5-4-6-8-16)21-15-18(22(30)32-21)13-17-9-11-19(12-10-17)25(26,27)28/h4-12,18,20-21H,13-15H2,1-3H3,(H,29,31)/t18-,20+,21+/m1/s1. The number of alkyl halides is 3. The second-order valence-electron chi connectivity index (χ2n) is 9.25. The molecule has 1 aliphatic heterocycles. The molecule has 3 atom stereocenters. The van der Waals surface area contributed by atoms with Crippen LogP contribution < -0.4 is 5.32 Å². The highest BCUT2D eigenvalue weighted by atomic mass is 19.4. The average Bonchev–Trinajstić information content (AvgIpc) is 3.07. The van der Waals surface area contributed by atoms with Crippen molar-refractivity contribution in [1.82, 2.24) is 5.32 Å². The lowest BCUT2D eigenvalue weighted by atomic mass is 9.92. The molecular weight excluding hydrogens is 435 g/mol. The lowest BCUT2D eigenvalue weighted by molar-refractivity contribution is -0.145. The minimum Gasteiger partial charge on any atom is -0.460 e. The largest absolute Gasteiger partial charge is 0.460 e. The number of carbonyl (C=O) groups excluding carboxylic acids is 2. The van der Waals surface area contributed by atoms with E-state index in [4.69, 9.17) is 9.47 Å². The first-order valence-corrected chi connectivity index (χ1v) is 10.8. The summed E-state index contributed by atoms with van der Waals surface area (Å²) in [5, 5.41) is 2.83. The number of hydrogen-bond donors (Lipinski definition) is 1. The molecule has 178 valence electrons. The molecule has 0 bridgehead atoms. The highest BCUT2D eigenvalue weighted by Gasteiger charge is 2.40. The van der Waals surface area contributed by atoms with Gasteiger partial charge < -0.3 is 14.8 Å². The molecule has 2 aromatic rings. The lowest BCUT2D eigenvalue weighted by Gasteiger charge is -2.26. The van der Waals surface area contributed by atoms with Crippen LogP contribution >= 0.6 is 0 Å². The number of nitrogens with one attached hydrogen (secondary N) is 1. The van der Waals surface area contributed by atoms with E-state index in [9.17, 15) is 22.8 Å². The molecule has 3 rings (SSSR count). The zero-order valence-corrected chi connectivity index (χ0v) is 18.8. The Kier molecular flexibility index (Phi) is 7.34. The lowest BCUT2D eigenvalue weighted by Crippen LogP contribution is -2.46. The SMILES string of the molecule is CC(C)(C)OC(=O)N[C@@H](Cc1ccccc1)[C@@H]1C[C@@H](Cc2ccc(C(F)(F)F)cc2)C(=O)O1. The molecule has 1 heterocycles. The van der Waals surface area contributed by atoms with Crippen molar-refractivity contribution in [3.05, 3.63) is 71.3 Å². The molecule has 0 aromatic heterocycles. The molecule has 0 spiro atoms. The van der Waals surface area contributed by atoms with Crippen LogP contribution in [0.3, 0.4) is 0 Å². The van der Waals surface area contributed by atoms with E-state index >= 15 is 0 Å². The summed E-state index contributed by atoms with van der Waals surface area (Å²) in [4.78, 5) is 25.0. The predicted octanol–water partition coefficient (Wildman–Crippen LogP) is 5.32.